The second-order valence-corrected chi connectivity index (χ2v) is 5.33. The van der Waals surface area contributed by atoms with Crippen molar-refractivity contribution in [2.75, 3.05) is 26.2 Å². The third-order valence-corrected chi connectivity index (χ3v) is 3.87. The highest BCUT2D eigenvalue weighted by atomic mass is 16.3. The second-order valence-electron chi connectivity index (χ2n) is 5.33. The SMILES string of the molecule is CCN1CCC(CNC(=O)c2cc(O)cc(O)c2)CC1. The van der Waals surface area contributed by atoms with Crippen LogP contribution in [-0.4, -0.2) is 47.2 Å². The summed E-state index contributed by atoms with van der Waals surface area (Å²) >= 11 is 0. The van der Waals surface area contributed by atoms with Crippen LogP contribution in [0.1, 0.15) is 30.1 Å². The van der Waals surface area contributed by atoms with Crippen molar-refractivity contribution in [2.24, 2.45) is 5.92 Å². The van der Waals surface area contributed by atoms with Crippen LogP contribution >= 0.6 is 0 Å². The molecule has 1 aliphatic rings. The Morgan fingerprint density at radius 3 is 2.40 bits per heavy atom. The fraction of sp³-hybridized carbons (Fsp3) is 0.533. The van der Waals surface area contributed by atoms with Crippen LogP contribution in [0.25, 0.3) is 0 Å². The zero-order valence-electron chi connectivity index (χ0n) is 11.8. The molecule has 0 radical (unpaired) electrons. The minimum Gasteiger partial charge on any atom is -0.508 e. The van der Waals surface area contributed by atoms with Gasteiger partial charge in [-0.25, -0.2) is 0 Å². The first kappa shape index (κ1) is 14.7. The topological polar surface area (TPSA) is 72.8 Å². The number of carbonyl (C=O) groups excluding carboxylic acids is 1. The molecular weight excluding hydrogens is 256 g/mol. The zero-order valence-corrected chi connectivity index (χ0v) is 11.8. The first-order valence-electron chi connectivity index (χ1n) is 7.12. The van der Waals surface area contributed by atoms with Crippen LogP contribution in [0.5, 0.6) is 11.5 Å². The average Bonchev–Trinajstić information content (AvgIpc) is 2.44. The number of nitrogens with one attached hydrogen (secondary N) is 1. The van der Waals surface area contributed by atoms with E-state index in [9.17, 15) is 15.0 Å². The molecule has 0 atom stereocenters. The Labute approximate surface area is 119 Å². The van der Waals surface area contributed by atoms with Gasteiger partial charge in [0, 0.05) is 18.2 Å². The minimum absolute atomic E-state index is 0.105. The predicted octanol–water partition coefficient (Wildman–Crippen LogP) is 1.56. The average molecular weight is 278 g/mol. The molecule has 5 heteroatoms. The summed E-state index contributed by atoms with van der Waals surface area (Å²) in [5, 5.41) is 21.6. The Morgan fingerprint density at radius 1 is 1.25 bits per heavy atom. The number of rotatable bonds is 4. The van der Waals surface area contributed by atoms with Crippen LogP contribution in [0, 0.1) is 5.92 Å². The summed E-state index contributed by atoms with van der Waals surface area (Å²) in [6.45, 7) is 6.07. The number of carbonyl (C=O) groups is 1. The number of likely N-dealkylation sites (tertiary alicyclic amines) is 1. The lowest BCUT2D eigenvalue weighted by molar-refractivity contribution is 0.0936. The van der Waals surface area contributed by atoms with Crippen LogP contribution in [0.2, 0.25) is 0 Å². The molecule has 1 heterocycles. The molecule has 3 N–H and O–H groups in total. The van der Waals surface area contributed by atoms with Gasteiger partial charge < -0.3 is 20.4 Å². The molecule has 0 saturated carbocycles. The normalized spacial score (nSPS) is 17.1. The standard InChI is InChI=1S/C15H22N2O3/c1-2-17-5-3-11(4-6-17)10-16-15(20)12-7-13(18)9-14(19)8-12/h7-9,11,18-19H,2-6,10H2,1H3,(H,16,20). The first-order chi connectivity index (χ1) is 9.58. The molecule has 110 valence electrons. The van der Waals surface area contributed by atoms with Crippen molar-refractivity contribution in [3.8, 4) is 11.5 Å². The summed E-state index contributed by atoms with van der Waals surface area (Å²) in [5.41, 5.74) is 0.286. The van der Waals surface area contributed by atoms with Crippen LogP contribution in [0.4, 0.5) is 0 Å². The van der Waals surface area contributed by atoms with E-state index in [-0.39, 0.29) is 23.0 Å². The second kappa shape index (κ2) is 6.61. The maximum Gasteiger partial charge on any atom is 0.251 e. The fourth-order valence-electron chi connectivity index (χ4n) is 2.57. The number of aromatic hydroxyl groups is 2. The molecule has 1 aromatic carbocycles. The van der Waals surface area contributed by atoms with E-state index in [0.717, 1.165) is 32.5 Å². The van der Waals surface area contributed by atoms with E-state index in [1.807, 2.05) is 0 Å². The van der Waals surface area contributed by atoms with Crippen molar-refractivity contribution in [2.45, 2.75) is 19.8 Å². The van der Waals surface area contributed by atoms with Crippen molar-refractivity contribution >= 4 is 5.91 Å². The fourth-order valence-corrected chi connectivity index (χ4v) is 2.57. The third-order valence-electron chi connectivity index (χ3n) is 3.87. The third kappa shape index (κ3) is 3.87. The van der Waals surface area contributed by atoms with Gasteiger partial charge in [0.15, 0.2) is 0 Å². The quantitative estimate of drug-likeness (QED) is 0.781. The van der Waals surface area contributed by atoms with Gasteiger partial charge in [-0.3, -0.25) is 4.79 Å². The van der Waals surface area contributed by atoms with Crippen LogP contribution in [-0.2, 0) is 0 Å². The Hall–Kier alpha value is -1.75. The number of hydrogen-bond acceptors (Lipinski definition) is 4. The molecule has 0 unspecified atom stereocenters. The van der Waals surface area contributed by atoms with Crippen LogP contribution < -0.4 is 5.32 Å². The number of benzene rings is 1. The highest BCUT2D eigenvalue weighted by Gasteiger charge is 2.19. The zero-order chi connectivity index (χ0) is 14.5. The molecule has 1 amide bonds. The minimum atomic E-state index is -0.255. The van der Waals surface area contributed by atoms with E-state index >= 15 is 0 Å². The van der Waals surface area contributed by atoms with Gasteiger partial charge in [-0.15, -0.1) is 0 Å². The molecule has 2 rings (SSSR count). The number of phenolic OH excluding ortho intramolecular Hbond substituents is 2. The summed E-state index contributed by atoms with van der Waals surface area (Å²) in [4.78, 5) is 14.4. The lowest BCUT2D eigenvalue weighted by Crippen LogP contribution is -2.38. The molecule has 1 saturated heterocycles. The van der Waals surface area contributed by atoms with Crippen molar-refractivity contribution < 1.29 is 15.0 Å². The molecular formula is C15H22N2O3. The van der Waals surface area contributed by atoms with Crippen molar-refractivity contribution in [1.29, 1.82) is 0 Å². The van der Waals surface area contributed by atoms with E-state index in [2.05, 4.69) is 17.1 Å². The van der Waals surface area contributed by atoms with Crippen molar-refractivity contribution in [1.82, 2.24) is 10.2 Å². The summed E-state index contributed by atoms with van der Waals surface area (Å²) in [6, 6.07) is 3.92. The predicted molar refractivity (Wildman–Crippen MR) is 76.9 cm³/mol. The lowest BCUT2D eigenvalue weighted by Gasteiger charge is -2.31. The van der Waals surface area contributed by atoms with Gasteiger partial charge in [-0.1, -0.05) is 6.92 Å². The summed E-state index contributed by atoms with van der Waals surface area (Å²) < 4.78 is 0. The van der Waals surface area contributed by atoms with Gasteiger partial charge in [-0.05, 0) is 50.5 Å². The van der Waals surface area contributed by atoms with Crippen LogP contribution in [0.3, 0.4) is 0 Å². The van der Waals surface area contributed by atoms with Gasteiger partial charge in [0.25, 0.3) is 5.91 Å². The highest BCUT2D eigenvalue weighted by molar-refractivity contribution is 5.95. The number of piperidine rings is 1. The van der Waals surface area contributed by atoms with E-state index < -0.39 is 0 Å². The van der Waals surface area contributed by atoms with Crippen molar-refractivity contribution in [3.63, 3.8) is 0 Å². The molecule has 0 spiro atoms. The highest BCUT2D eigenvalue weighted by Crippen LogP contribution is 2.21. The molecule has 1 aliphatic heterocycles. The summed E-state index contributed by atoms with van der Waals surface area (Å²) in [5.74, 6) is 0.0413. The van der Waals surface area contributed by atoms with Gasteiger partial charge in [0.2, 0.25) is 0 Å². The number of hydrogen-bond donors (Lipinski definition) is 3. The molecule has 0 bridgehead atoms. The molecule has 20 heavy (non-hydrogen) atoms. The van der Waals surface area contributed by atoms with Crippen molar-refractivity contribution in [3.05, 3.63) is 23.8 Å². The molecule has 0 aromatic heterocycles. The van der Waals surface area contributed by atoms with Gasteiger partial charge >= 0.3 is 0 Å². The summed E-state index contributed by atoms with van der Waals surface area (Å²) in [7, 11) is 0. The Bertz CT molecular complexity index is 448. The molecule has 1 fully saturated rings. The maximum atomic E-state index is 12.0. The monoisotopic (exact) mass is 278 g/mol. The van der Waals surface area contributed by atoms with E-state index in [1.165, 1.54) is 18.2 Å². The van der Waals surface area contributed by atoms with E-state index in [1.54, 1.807) is 0 Å². The first-order valence-corrected chi connectivity index (χ1v) is 7.12. The van der Waals surface area contributed by atoms with E-state index in [4.69, 9.17) is 0 Å². The lowest BCUT2D eigenvalue weighted by atomic mass is 9.96. The largest absolute Gasteiger partial charge is 0.508 e. The number of amides is 1. The van der Waals surface area contributed by atoms with E-state index in [0.29, 0.717) is 12.5 Å². The van der Waals surface area contributed by atoms with Gasteiger partial charge in [0.1, 0.15) is 11.5 Å². The summed E-state index contributed by atoms with van der Waals surface area (Å²) in [6.07, 6.45) is 2.19. The van der Waals surface area contributed by atoms with Gasteiger partial charge in [-0.2, -0.15) is 0 Å². The number of nitrogens with zero attached hydrogens (tertiary/aromatic N) is 1. The maximum absolute atomic E-state index is 12.0. The molecule has 5 nitrogen and oxygen atoms in total. The number of phenols is 2. The molecule has 0 aliphatic carbocycles. The van der Waals surface area contributed by atoms with Crippen LogP contribution in [0.15, 0.2) is 18.2 Å². The Balaban J connectivity index is 1.83. The Morgan fingerprint density at radius 2 is 1.85 bits per heavy atom. The Kier molecular flexibility index (Phi) is 4.84. The van der Waals surface area contributed by atoms with Gasteiger partial charge in [0.05, 0.1) is 0 Å². The smallest absolute Gasteiger partial charge is 0.251 e. The molecule has 1 aromatic rings.